The van der Waals surface area contributed by atoms with Crippen molar-refractivity contribution in [2.24, 2.45) is 5.92 Å². The average Bonchev–Trinajstić information content (AvgIpc) is 2.60. The zero-order chi connectivity index (χ0) is 18.7. The minimum atomic E-state index is -4.68. The number of benzene rings is 1. The van der Waals surface area contributed by atoms with E-state index in [1.165, 1.54) is 12.1 Å². The van der Waals surface area contributed by atoms with Gasteiger partial charge in [-0.05, 0) is 48.7 Å². The number of ether oxygens (including phenoxy) is 1. The van der Waals surface area contributed by atoms with Gasteiger partial charge in [-0.25, -0.2) is 0 Å². The van der Waals surface area contributed by atoms with Crippen LogP contribution in [0.3, 0.4) is 0 Å². The van der Waals surface area contributed by atoms with E-state index in [9.17, 15) is 13.2 Å². The molecule has 2 aliphatic rings. The normalized spacial score (nSPS) is 19.5. The van der Waals surface area contributed by atoms with Crippen LogP contribution in [0.4, 0.5) is 13.2 Å². The first kappa shape index (κ1) is 18.3. The highest BCUT2D eigenvalue weighted by Gasteiger charge is 2.31. The number of hydrogen-bond acceptors (Lipinski definition) is 3. The summed E-state index contributed by atoms with van der Waals surface area (Å²) in [6, 6.07) is 6.02. The van der Waals surface area contributed by atoms with Crippen LogP contribution >= 0.6 is 0 Å². The van der Waals surface area contributed by atoms with Gasteiger partial charge >= 0.3 is 6.36 Å². The summed E-state index contributed by atoms with van der Waals surface area (Å²) in [5.74, 6) is 0.126. The highest BCUT2D eigenvalue weighted by atomic mass is 19.4. The maximum atomic E-state index is 12.4. The van der Waals surface area contributed by atoms with Crippen LogP contribution in [0.5, 0.6) is 5.75 Å². The minimum Gasteiger partial charge on any atom is -0.406 e. The highest BCUT2D eigenvalue weighted by molar-refractivity contribution is 5.82. The fourth-order valence-electron chi connectivity index (χ4n) is 3.07. The molecule has 0 radical (unpaired) electrons. The molecule has 26 heavy (non-hydrogen) atoms. The van der Waals surface area contributed by atoms with E-state index < -0.39 is 6.36 Å². The molecular weight excluding hydrogens is 341 g/mol. The average molecular weight is 362 g/mol. The van der Waals surface area contributed by atoms with Crippen molar-refractivity contribution in [2.45, 2.75) is 19.7 Å². The van der Waals surface area contributed by atoms with E-state index in [-0.39, 0.29) is 5.75 Å². The zero-order valence-electron chi connectivity index (χ0n) is 14.7. The third-order valence-corrected chi connectivity index (χ3v) is 4.31. The molecule has 3 rings (SSSR count). The van der Waals surface area contributed by atoms with Crippen LogP contribution in [0.15, 0.2) is 66.2 Å². The van der Waals surface area contributed by atoms with E-state index in [1.807, 2.05) is 13.2 Å². The Labute approximate surface area is 151 Å². The molecule has 1 unspecified atom stereocenters. The van der Waals surface area contributed by atoms with Crippen LogP contribution in [0.2, 0.25) is 0 Å². The first-order valence-corrected chi connectivity index (χ1v) is 8.51. The smallest absolute Gasteiger partial charge is 0.406 e. The first-order valence-electron chi connectivity index (χ1n) is 8.51. The van der Waals surface area contributed by atoms with Crippen molar-refractivity contribution >= 4 is 5.57 Å². The van der Waals surface area contributed by atoms with Crippen molar-refractivity contribution in [3.05, 3.63) is 71.7 Å². The number of hydrogen-bond donors (Lipinski definition) is 1. The van der Waals surface area contributed by atoms with E-state index in [2.05, 4.69) is 46.3 Å². The highest BCUT2D eigenvalue weighted by Crippen LogP contribution is 2.36. The molecule has 2 heterocycles. The largest absolute Gasteiger partial charge is 0.573 e. The Kier molecular flexibility index (Phi) is 5.23. The molecule has 6 heteroatoms. The van der Waals surface area contributed by atoms with Crippen molar-refractivity contribution in [1.82, 2.24) is 10.2 Å². The second-order valence-electron chi connectivity index (χ2n) is 6.24. The fraction of sp³-hybridized carbons (Fsp3) is 0.300. The molecule has 1 aromatic rings. The quantitative estimate of drug-likeness (QED) is 0.812. The monoisotopic (exact) mass is 362 g/mol. The number of nitrogens with zero attached hydrogens (tertiary/aromatic N) is 1. The molecule has 0 saturated heterocycles. The summed E-state index contributed by atoms with van der Waals surface area (Å²) < 4.78 is 41.1. The Morgan fingerprint density at radius 2 is 1.92 bits per heavy atom. The van der Waals surface area contributed by atoms with Gasteiger partial charge in [-0.15, -0.1) is 13.2 Å². The molecule has 1 aromatic carbocycles. The van der Waals surface area contributed by atoms with E-state index in [1.54, 1.807) is 12.1 Å². The van der Waals surface area contributed by atoms with E-state index in [0.717, 1.165) is 28.8 Å². The van der Waals surface area contributed by atoms with Crippen molar-refractivity contribution < 1.29 is 17.9 Å². The molecule has 0 bridgehead atoms. The summed E-state index contributed by atoms with van der Waals surface area (Å²) in [6.07, 6.45) is 6.84. The van der Waals surface area contributed by atoms with Gasteiger partial charge in [-0.3, -0.25) is 0 Å². The Hall–Kier alpha value is -2.47. The van der Waals surface area contributed by atoms with Crippen LogP contribution in [0.25, 0.3) is 5.57 Å². The molecule has 1 N–H and O–H groups in total. The van der Waals surface area contributed by atoms with Crippen LogP contribution in [0, 0.1) is 5.92 Å². The molecule has 0 fully saturated rings. The molecule has 0 saturated carbocycles. The summed E-state index contributed by atoms with van der Waals surface area (Å²) >= 11 is 0. The maximum absolute atomic E-state index is 12.4. The first-order chi connectivity index (χ1) is 12.4. The standard InChI is InChI=1S/C20H21F3N2O/c1-3-14-8-9-25-13-15(12-24-2)10-18(19(25)11-14)16-4-6-17(7-5-16)26-20(21,22)23/h4-11,13-14,24H,3,12H2,1-2H3. The van der Waals surface area contributed by atoms with Crippen molar-refractivity contribution in [1.29, 1.82) is 0 Å². The van der Waals surface area contributed by atoms with Gasteiger partial charge in [0.1, 0.15) is 5.75 Å². The van der Waals surface area contributed by atoms with Gasteiger partial charge in [0.2, 0.25) is 0 Å². The molecule has 1 atom stereocenters. The third-order valence-electron chi connectivity index (χ3n) is 4.31. The number of allylic oxidation sites excluding steroid dienone is 3. The van der Waals surface area contributed by atoms with Crippen LogP contribution < -0.4 is 10.1 Å². The lowest BCUT2D eigenvalue weighted by Crippen LogP contribution is -2.22. The molecule has 0 spiro atoms. The molecule has 2 aliphatic heterocycles. The molecule has 3 nitrogen and oxygen atoms in total. The van der Waals surface area contributed by atoms with Gasteiger partial charge < -0.3 is 15.0 Å². The molecule has 0 amide bonds. The van der Waals surface area contributed by atoms with Crippen LogP contribution in [-0.4, -0.2) is 24.9 Å². The number of likely N-dealkylation sites (N-methyl/N-ethyl adjacent to an activating group) is 1. The summed E-state index contributed by atoms with van der Waals surface area (Å²) in [5.41, 5.74) is 3.97. The molecule has 0 aliphatic carbocycles. The molecule has 138 valence electrons. The number of fused-ring (bicyclic) bond motifs is 1. The second-order valence-corrected chi connectivity index (χ2v) is 6.24. The minimum absolute atomic E-state index is 0.218. The maximum Gasteiger partial charge on any atom is 0.573 e. The van der Waals surface area contributed by atoms with Gasteiger partial charge in [0.15, 0.2) is 0 Å². The lowest BCUT2D eigenvalue weighted by Gasteiger charge is -2.31. The van der Waals surface area contributed by atoms with Crippen LogP contribution in [0.1, 0.15) is 18.9 Å². The fourth-order valence-corrected chi connectivity index (χ4v) is 3.07. The molecule has 0 aromatic heterocycles. The SMILES string of the molecule is CCC1C=CN2C=C(CNC)C=C(c3ccc(OC(F)(F)F)cc3)C2=C1. The van der Waals surface area contributed by atoms with Gasteiger partial charge in [0.05, 0.1) is 0 Å². The van der Waals surface area contributed by atoms with Gasteiger partial charge in [-0.1, -0.05) is 31.2 Å². The molecular formula is C20H21F3N2O. The van der Waals surface area contributed by atoms with Gasteiger partial charge in [0.25, 0.3) is 0 Å². The summed E-state index contributed by atoms with van der Waals surface area (Å²) in [6.45, 7) is 2.83. The Bertz CT molecular complexity index is 773. The second kappa shape index (κ2) is 7.41. The van der Waals surface area contributed by atoms with Gasteiger partial charge in [0, 0.05) is 30.2 Å². The lowest BCUT2D eigenvalue weighted by molar-refractivity contribution is -0.274. The third kappa shape index (κ3) is 4.19. The lowest BCUT2D eigenvalue weighted by atomic mass is 9.91. The van der Waals surface area contributed by atoms with Crippen molar-refractivity contribution in [2.75, 3.05) is 13.6 Å². The van der Waals surface area contributed by atoms with E-state index in [0.29, 0.717) is 12.5 Å². The van der Waals surface area contributed by atoms with Crippen LogP contribution in [-0.2, 0) is 0 Å². The number of nitrogens with one attached hydrogen (secondary N) is 1. The summed E-state index contributed by atoms with van der Waals surface area (Å²) in [7, 11) is 1.88. The Balaban J connectivity index is 1.94. The number of rotatable bonds is 5. The van der Waals surface area contributed by atoms with Crippen molar-refractivity contribution in [3.63, 3.8) is 0 Å². The number of alkyl halides is 3. The predicted molar refractivity (Wildman–Crippen MR) is 96.0 cm³/mol. The van der Waals surface area contributed by atoms with E-state index >= 15 is 0 Å². The summed E-state index contributed by atoms with van der Waals surface area (Å²) in [4.78, 5) is 2.06. The predicted octanol–water partition coefficient (Wildman–Crippen LogP) is 4.82. The topological polar surface area (TPSA) is 24.5 Å². The number of halogens is 3. The Morgan fingerprint density at radius 1 is 1.19 bits per heavy atom. The van der Waals surface area contributed by atoms with Gasteiger partial charge in [-0.2, -0.15) is 0 Å². The van der Waals surface area contributed by atoms with E-state index in [4.69, 9.17) is 0 Å². The summed E-state index contributed by atoms with van der Waals surface area (Å²) in [5, 5.41) is 3.13. The van der Waals surface area contributed by atoms with Crippen molar-refractivity contribution in [3.8, 4) is 5.75 Å². The Morgan fingerprint density at radius 3 is 2.54 bits per heavy atom. The zero-order valence-corrected chi connectivity index (χ0v) is 14.7.